The van der Waals surface area contributed by atoms with Crippen molar-refractivity contribution in [1.82, 2.24) is 0 Å². The zero-order valence-electron chi connectivity index (χ0n) is 17.9. The number of para-hydroxylation sites is 1. The molecular formula is C25H26N2O4. The third-order valence-electron chi connectivity index (χ3n) is 4.77. The van der Waals surface area contributed by atoms with E-state index in [4.69, 9.17) is 9.47 Å². The summed E-state index contributed by atoms with van der Waals surface area (Å²) in [5, 5.41) is 5.73. The number of nitrogens with one attached hydrogen (secondary N) is 2. The fourth-order valence-electron chi connectivity index (χ4n) is 3.19. The summed E-state index contributed by atoms with van der Waals surface area (Å²) in [5.41, 5.74) is 3.56. The molecule has 0 saturated heterocycles. The summed E-state index contributed by atoms with van der Waals surface area (Å²) in [4.78, 5) is 25.3. The van der Waals surface area contributed by atoms with E-state index in [0.717, 1.165) is 11.1 Å². The fraction of sp³-hybridized carbons (Fsp3) is 0.200. The van der Waals surface area contributed by atoms with E-state index in [9.17, 15) is 9.59 Å². The normalized spacial score (nSPS) is 10.3. The summed E-state index contributed by atoms with van der Waals surface area (Å²) in [5.74, 6) is 0.887. The van der Waals surface area contributed by atoms with Crippen molar-refractivity contribution >= 4 is 23.2 Å². The standard InChI is InChI=1S/C25H26N2O4/c1-17-7-6-8-19(13-17)26-25(29)22-9-4-5-10-23(22)27-24(28)12-11-18-14-20(30-2)16-21(15-18)31-3/h4-10,13-16H,11-12H2,1-3H3,(H,26,29)(H,27,28). The minimum absolute atomic E-state index is 0.183. The Morgan fingerprint density at radius 2 is 1.55 bits per heavy atom. The van der Waals surface area contributed by atoms with Crippen LogP contribution in [0.4, 0.5) is 11.4 Å². The van der Waals surface area contributed by atoms with Gasteiger partial charge in [-0.05, 0) is 60.9 Å². The van der Waals surface area contributed by atoms with Gasteiger partial charge in [0.2, 0.25) is 5.91 Å². The number of rotatable bonds is 8. The summed E-state index contributed by atoms with van der Waals surface area (Å²) in [6.07, 6.45) is 0.765. The number of benzene rings is 3. The highest BCUT2D eigenvalue weighted by Crippen LogP contribution is 2.24. The number of ether oxygens (including phenoxy) is 2. The maximum Gasteiger partial charge on any atom is 0.257 e. The van der Waals surface area contributed by atoms with Gasteiger partial charge in [-0.3, -0.25) is 9.59 Å². The molecule has 0 atom stereocenters. The van der Waals surface area contributed by atoms with E-state index in [1.165, 1.54) is 0 Å². The van der Waals surface area contributed by atoms with Crippen molar-refractivity contribution in [3.05, 3.63) is 83.4 Å². The van der Waals surface area contributed by atoms with Crippen LogP contribution in [0.25, 0.3) is 0 Å². The summed E-state index contributed by atoms with van der Waals surface area (Å²) in [6, 6.07) is 20.1. The Labute approximate surface area is 182 Å². The van der Waals surface area contributed by atoms with Crippen LogP contribution < -0.4 is 20.1 Å². The number of carbonyl (C=O) groups excluding carboxylic acids is 2. The Hall–Kier alpha value is -3.80. The maximum absolute atomic E-state index is 12.8. The third kappa shape index (κ3) is 6.09. The zero-order chi connectivity index (χ0) is 22.2. The smallest absolute Gasteiger partial charge is 0.257 e. The monoisotopic (exact) mass is 418 g/mol. The number of carbonyl (C=O) groups is 2. The Morgan fingerprint density at radius 3 is 2.23 bits per heavy atom. The summed E-state index contributed by atoms with van der Waals surface area (Å²) >= 11 is 0. The van der Waals surface area contributed by atoms with Crippen molar-refractivity contribution in [3.63, 3.8) is 0 Å². The van der Waals surface area contributed by atoms with Gasteiger partial charge < -0.3 is 20.1 Å². The van der Waals surface area contributed by atoms with Crippen LogP contribution in [0.3, 0.4) is 0 Å². The summed E-state index contributed by atoms with van der Waals surface area (Å²) in [6.45, 7) is 1.96. The highest BCUT2D eigenvalue weighted by molar-refractivity contribution is 6.10. The van der Waals surface area contributed by atoms with Crippen molar-refractivity contribution in [3.8, 4) is 11.5 Å². The number of hydrogen-bond donors (Lipinski definition) is 2. The van der Waals surface area contributed by atoms with Gasteiger partial charge in [0.15, 0.2) is 0 Å². The van der Waals surface area contributed by atoms with E-state index in [-0.39, 0.29) is 18.2 Å². The van der Waals surface area contributed by atoms with E-state index >= 15 is 0 Å². The van der Waals surface area contributed by atoms with Crippen molar-refractivity contribution in [2.24, 2.45) is 0 Å². The Morgan fingerprint density at radius 1 is 0.839 bits per heavy atom. The molecule has 0 unspecified atom stereocenters. The SMILES string of the molecule is COc1cc(CCC(=O)Nc2ccccc2C(=O)Nc2cccc(C)c2)cc(OC)c1. The van der Waals surface area contributed by atoms with Crippen LogP contribution in [-0.4, -0.2) is 26.0 Å². The van der Waals surface area contributed by atoms with Gasteiger partial charge in [0.1, 0.15) is 11.5 Å². The molecule has 3 aromatic rings. The lowest BCUT2D eigenvalue weighted by Crippen LogP contribution is -2.18. The predicted molar refractivity (Wildman–Crippen MR) is 122 cm³/mol. The van der Waals surface area contributed by atoms with Crippen molar-refractivity contribution in [1.29, 1.82) is 0 Å². The van der Waals surface area contributed by atoms with Crippen molar-refractivity contribution in [2.45, 2.75) is 19.8 Å². The van der Waals surface area contributed by atoms with Gasteiger partial charge in [-0.25, -0.2) is 0 Å². The van der Waals surface area contributed by atoms with Crippen LogP contribution in [0, 0.1) is 6.92 Å². The lowest BCUT2D eigenvalue weighted by Gasteiger charge is -2.12. The van der Waals surface area contributed by atoms with Gasteiger partial charge in [0.05, 0.1) is 25.5 Å². The molecular weight excluding hydrogens is 392 g/mol. The number of hydrogen-bond acceptors (Lipinski definition) is 4. The van der Waals surface area contributed by atoms with Crippen LogP contribution in [-0.2, 0) is 11.2 Å². The Bertz CT molecular complexity index is 1060. The molecule has 0 aliphatic carbocycles. The van der Waals surface area contributed by atoms with E-state index in [1.807, 2.05) is 43.3 Å². The molecule has 31 heavy (non-hydrogen) atoms. The first kappa shape index (κ1) is 21.9. The maximum atomic E-state index is 12.8. The van der Waals surface area contributed by atoms with Crippen LogP contribution in [0.15, 0.2) is 66.7 Å². The molecule has 0 aliphatic rings. The molecule has 6 heteroatoms. The van der Waals surface area contributed by atoms with Gasteiger partial charge in [-0.2, -0.15) is 0 Å². The van der Waals surface area contributed by atoms with E-state index < -0.39 is 0 Å². The highest BCUT2D eigenvalue weighted by Gasteiger charge is 2.14. The van der Waals surface area contributed by atoms with Crippen molar-refractivity contribution < 1.29 is 19.1 Å². The molecule has 3 aromatic carbocycles. The Kier molecular flexibility index (Phi) is 7.27. The van der Waals surface area contributed by atoms with Gasteiger partial charge >= 0.3 is 0 Å². The van der Waals surface area contributed by atoms with Crippen LogP contribution in [0.2, 0.25) is 0 Å². The van der Waals surface area contributed by atoms with E-state index in [1.54, 1.807) is 44.6 Å². The lowest BCUT2D eigenvalue weighted by atomic mass is 10.1. The van der Waals surface area contributed by atoms with Gasteiger partial charge in [-0.15, -0.1) is 0 Å². The minimum Gasteiger partial charge on any atom is -0.497 e. The van der Waals surface area contributed by atoms with E-state index in [2.05, 4.69) is 10.6 Å². The third-order valence-corrected chi connectivity index (χ3v) is 4.77. The summed E-state index contributed by atoms with van der Waals surface area (Å²) < 4.78 is 10.5. The molecule has 0 bridgehead atoms. The Balaban J connectivity index is 1.66. The van der Waals surface area contributed by atoms with Crippen LogP contribution in [0.1, 0.15) is 27.9 Å². The van der Waals surface area contributed by atoms with Crippen LogP contribution >= 0.6 is 0 Å². The van der Waals surface area contributed by atoms with Gasteiger partial charge in [0, 0.05) is 18.2 Å². The minimum atomic E-state index is -0.279. The molecule has 3 rings (SSSR count). The molecule has 6 nitrogen and oxygen atoms in total. The molecule has 0 heterocycles. The number of anilines is 2. The molecule has 160 valence electrons. The average Bonchev–Trinajstić information content (AvgIpc) is 2.77. The second-order valence-electron chi connectivity index (χ2n) is 7.14. The highest BCUT2D eigenvalue weighted by atomic mass is 16.5. The van der Waals surface area contributed by atoms with Gasteiger partial charge in [-0.1, -0.05) is 24.3 Å². The van der Waals surface area contributed by atoms with Crippen molar-refractivity contribution in [2.75, 3.05) is 24.9 Å². The first-order valence-electron chi connectivity index (χ1n) is 9.97. The predicted octanol–water partition coefficient (Wildman–Crippen LogP) is 4.84. The molecule has 0 fully saturated rings. The second-order valence-corrected chi connectivity index (χ2v) is 7.14. The largest absolute Gasteiger partial charge is 0.497 e. The number of aryl methyl sites for hydroxylation is 2. The number of methoxy groups -OCH3 is 2. The number of amides is 2. The first-order valence-corrected chi connectivity index (χ1v) is 9.97. The lowest BCUT2D eigenvalue weighted by molar-refractivity contribution is -0.116. The second kappa shape index (κ2) is 10.3. The quantitative estimate of drug-likeness (QED) is 0.549. The van der Waals surface area contributed by atoms with Gasteiger partial charge in [0.25, 0.3) is 5.91 Å². The van der Waals surface area contributed by atoms with Crippen LogP contribution in [0.5, 0.6) is 11.5 Å². The summed E-state index contributed by atoms with van der Waals surface area (Å²) in [7, 11) is 3.17. The van der Waals surface area contributed by atoms with E-state index in [0.29, 0.717) is 34.9 Å². The molecule has 0 aromatic heterocycles. The fourth-order valence-corrected chi connectivity index (χ4v) is 3.19. The molecule has 2 amide bonds. The molecule has 0 radical (unpaired) electrons. The molecule has 0 aliphatic heterocycles. The average molecular weight is 418 g/mol. The molecule has 2 N–H and O–H groups in total. The zero-order valence-corrected chi connectivity index (χ0v) is 17.9. The molecule has 0 spiro atoms. The molecule has 0 saturated carbocycles. The topological polar surface area (TPSA) is 76.7 Å². The first-order chi connectivity index (χ1) is 15.0.